The lowest BCUT2D eigenvalue weighted by atomic mass is 10.2. The molecule has 1 saturated heterocycles. The third-order valence-corrected chi connectivity index (χ3v) is 9.80. The summed E-state index contributed by atoms with van der Waals surface area (Å²) in [4.78, 5) is 13.1. The van der Waals surface area contributed by atoms with E-state index in [1.165, 1.54) is 52.8 Å². The molecule has 0 atom stereocenters. The Bertz CT molecular complexity index is 1440. The largest absolute Gasteiger partial charge is 0.325 e. The summed E-state index contributed by atoms with van der Waals surface area (Å²) in [6, 6.07) is 18.4. The van der Waals surface area contributed by atoms with Crippen LogP contribution in [-0.4, -0.2) is 46.7 Å². The van der Waals surface area contributed by atoms with Crippen LogP contribution >= 0.6 is 11.6 Å². The number of halogens is 1. The molecule has 0 unspecified atom stereocenters. The molecule has 8 nitrogen and oxygen atoms in total. The maximum absolute atomic E-state index is 13.4. The molecule has 1 amide bonds. The van der Waals surface area contributed by atoms with Crippen LogP contribution in [0.15, 0.2) is 82.6 Å². The molecule has 11 heteroatoms. The first-order valence-electron chi connectivity index (χ1n) is 11.3. The van der Waals surface area contributed by atoms with Crippen LogP contribution in [0.3, 0.4) is 0 Å². The highest BCUT2D eigenvalue weighted by atomic mass is 35.5. The van der Waals surface area contributed by atoms with Crippen LogP contribution in [0.5, 0.6) is 0 Å². The van der Waals surface area contributed by atoms with Gasteiger partial charge in [-0.15, -0.1) is 0 Å². The van der Waals surface area contributed by atoms with Gasteiger partial charge >= 0.3 is 0 Å². The molecule has 190 valence electrons. The molecule has 0 aromatic heterocycles. The summed E-state index contributed by atoms with van der Waals surface area (Å²) in [5.74, 6) is -0.580. The van der Waals surface area contributed by atoms with Crippen LogP contribution in [-0.2, 0) is 24.8 Å². The van der Waals surface area contributed by atoms with E-state index in [4.69, 9.17) is 11.6 Å². The minimum Gasteiger partial charge on any atom is -0.325 e. The molecule has 3 aromatic rings. The molecule has 0 bridgehead atoms. The van der Waals surface area contributed by atoms with E-state index >= 15 is 0 Å². The van der Waals surface area contributed by atoms with Crippen molar-refractivity contribution >= 4 is 48.9 Å². The van der Waals surface area contributed by atoms with Gasteiger partial charge in [0.15, 0.2) is 0 Å². The number of nitrogens with one attached hydrogen (secondary N) is 1. The lowest BCUT2D eigenvalue weighted by Gasteiger charge is -2.24. The van der Waals surface area contributed by atoms with Crippen molar-refractivity contribution in [2.75, 3.05) is 29.3 Å². The maximum Gasteiger partial charge on any atom is 0.264 e. The monoisotopic (exact) mass is 547 g/mol. The first-order valence-corrected chi connectivity index (χ1v) is 14.6. The van der Waals surface area contributed by atoms with Crippen LogP contribution in [0.4, 0.5) is 11.4 Å². The Kier molecular flexibility index (Phi) is 7.70. The maximum atomic E-state index is 13.4. The third-order valence-electron chi connectivity index (χ3n) is 5.85. The molecule has 1 aliphatic heterocycles. The second-order valence-corrected chi connectivity index (χ2v) is 12.7. The molecular formula is C25H26ClN3O5S2. The van der Waals surface area contributed by atoms with Gasteiger partial charge in [-0.2, -0.15) is 4.31 Å². The lowest BCUT2D eigenvalue weighted by Crippen LogP contribution is -2.38. The van der Waals surface area contributed by atoms with Gasteiger partial charge in [0, 0.05) is 23.8 Å². The number of hydrogen-bond acceptors (Lipinski definition) is 5. The number of anilines is 2. The van der Waals surface area contributed by atoms with Crippen molar-refractivity contribution < 1.29 is 21.6 Å². The minimum atomic E-state index is -4.08. The summed E-state index contributed by atoms with van der Waals surface area (Å²) < 4.78 is 54.8. The summed E-state index contributed by atoms with van der Waals surface area (Å²) in [5, 5.41) is 3.05. The summed E-state index contributed by atoms with van der Waals surface area (Å²) in [6.07, 6.45) is 1.67. The second kappa shape index (κ2) is 10.6. The molecule has 0 aliphatic carbocycles. The van der Waals surface area contributed by atoms with Crippen molar-refractivity contribution in [1.29, 1.82) is 0 Å². The first-order chi connectivity index (χ1) is 17.1. The number of hydrogen-bond donors (Lipinski definition) is 1. The Balaban J connectivity index is 1.55. The van der Waals surface area contributed by atoms with Crippen molar-refractivity contribution in [1.82, 2.24) is 4.31 Å². The van der Waals surface area contributed by atoms with Crippen LogP contribution < -0.4 is 9.62 Å². The van der Waals surface area contributed by atoms with E-state index in [0.29, 0.717) is 29.5 Å². The van der Waals surface area contributed by atoms with Gasteiger partial charge in [-0.05, 0) is 80.4 Å². The summed E-state index contributed by atoms with van der Waals surface area (Å²) in [7, 11) is -7.65. The highest BCUT2D eigenvalue weighted by molar-refractivity contribution is 7.92. The third kappa shape index (κ3) is 5.73. The van der Waals surface area contributed by atoms with Crippen molar-refractivity contribution in [3.05, 3.63) is 83.4 Å². The predicted octanol–water partition coefficient (Wildman–Crippen LogP) is 4.27. The number of nitrogens with zero attached hydrogens (tertiary/aromatic N) is 2. The lowest BCUT2D eigenvalue weighted by molar-refractivity contribution is -0.114. The van der Waals surface area contributed by atoms with E-state index in [1.54, 1.807) is 24.3 Å². The molecule has 1 fully saturated rings. The molecular weight excluding hydrogens is 522 g/mol. The molecule has 36 heavy (non-hydrogen) atoms. The zero-order valence-corrected chi connectivity index (χ0v) is 22.0. The molecule has 0 radical (unpaired) electrons. The number of benzene rings is 3. The highest BCUT2D eigenvalue weighted by Crippen LogP contribution is 2.26. The molecule has 3 aromatic carbocycles. The smallest absolute Gasteiger partial charge is 0.264 e. The zero-order chi connectivity index (χ0) is 25.9. The van der Waals surface area contributed by atoms with Crippen LogP contribution in [0.2, 0.25) is 5.02 Å². The standard InChI is InChI=1S/C25H26ClN3O5S2/c1-19-4-10-22(11-5-19)29(36(33,34)24-12-6-20(26)7-13-24)18-25(30)27-21-8-14-23(15-9-21)35(31,32)28-16-2-3-17-28/h4-15H,2-3,16-18H2,1H3,(H,27,30). The summed E-state index contributed by atoms with van der Waals surface area (Å²) >= 11 is 5.91. The highest BCUT2D eigenvalue weighted by Gasteiger charge is 2.28. The second-order valence-electron chi connectivity index (χ2n) is 8.48. The number of carbonyl (C=O) groups excluding carboxylic acids is 1. The first kappa shape index (κ1) is 26.2. The average molecular weight is 548 g/mol. The molecule has 1 aliphatic rings. The Morgan fingerprint density at radius 1 is 0.861 bits per heavy atom. The van der Waals surface area contributed by atoms with Gasteiger partial charge in [0.1, 0.15) is 6.54 Å². The van der Waals surface area contributed by atoms with Crippen LogP contribution in [0.25, 0.3) is 0 Å². The van der Waals surface area contributed by atoms with Gasteiger partial charge in [0.05, 0.1) is 15.5 Å². The van der Waals surface area contributed by atoms with Crippen LogP contribution in [0, 0.1) is 6.92 Å². The van der Waals surface area contributed by atoms with E-state index in [0.717, 1.165) is 22.7 Å². The van der Waals surface area contributed by atoms with E-state index < -0.39 is 32.5 Å². The van der Waals surface area contributed by atoms with E-state index in [2.05, 4.69) is 5.32 Å². The number of sulfonamides is 2. The predicted molar refractivity (Wildman–Crippen MR) is 140 cm³/mol. The van der Waals surface area contributed by atoms with Gasteiger partial charge in [-0.3, -0.25) is 9.10 Å². The minimum absolute atomic E-state index is 0.00301. The fraction of sp³-hybridized carbons (Fsp3) is 0.240. The van der Waals surface area contributed by atoms with Gasteiger partial charge < -0.3 is 5.32 Å². The van der Waals surface area contributed by atoms with Crippen molar-refractivity contribution in [3.8, 4) is 0 Å². The topological polar surface area (TPSA) is 104 Å². The van der Waals surface area contributed by atoms with Crippen LogP contribution in [0.1, 0.15) is 18.4 Å². The number of rotatable bonds is 8. The molecule has 4 rings (SSSR count). The Morgan fingerprint density at radius 3 is 2.00 bits per heavy atom. The Morgan fingerprint density at radius 2 is 1.42 bits per heavy atom. The van der Waals surface area contributed by atoms with Gasteiger partial charge in [0.2, 0.25) is 15.9 Å². The average Bonchev–Trinajstić information content (AvgIpc) is 3.40. The zero-order valence-electron chi connectivity index (χ0n) is 19.6. The summed E-state index contributed by atoms with van der Waals surface area (Å²) in [5.41, 5.74) is 1.63. The van der Waals surface area contributed by atoms with Gasteiger partial charge in [-0.25, -0.2) is 16.8 Å². The van der Waals surface area contributed by atoms with E-state index in [1.807, 2.05) is 6.92 Å². The van der Waals surface area contributed by atoms with Crippen molar-refractivity contribution in [3.63, 3.8) is 0 Å². The summed E-state index contributed by atoms with van der Waals surface area (Å²) in [6.45, 7) is 2.39. The van der Waals surface area contributed by atoms with E-state index in [-0.39, 0.29) is 9.79 Å². The quantitative estimate of drug-likeness (QED) is 0.453. The fourth-order valence-electron chi connectivity index (χ4n) is 3.88. The number of amides is 1. The normalized spacial score (nSPS) is 14.5. The molecule has 0 saturated carbocycles. The molecule has 1 N–H and O–H groups in total. The SMILES string of the molecule is Cc1ccc(N(CC(=O)Nc2ccc(S(=O)(=O)N3CCCC3)cc2)S(=O)(=O)c2ccc(Cl)cc2)cc1. The molecule has 1 heterocycles. The number of aryl methyl sites for hydroxylation is 1. The fourth-order valence-corrected chi connectivity index (χ4v) is 6.94. The van der Waals surface area contributed by atoms with E-state index in [9.17, 15) is 21.6 Å². The molecule has 0 spiro atoms. The van der Waals surface area contributed by atoms with Crippen molar-refractivity contribution in [2.24, 2.45) is 0 Å². The van der Waals surface area contributed by atoms with Gasteiger partial charge in [0.25, 0.3) is 10.0 Å². The number of carbonyl (C=O) groups is 1. The van der Waals surface area contributed by atoms with Gasteiger partial charge in [-0.1, -0.05) is 29.3 Å². The Labute approximate surface area is 216 Å². The van der Waals surface area contributed by atoms with Crippen molar-refractivity contribution in [2.45, 2.75) is 29.6 Å². The Hall–Kier alpha value is -2.92.